The maximum atomic E-state index is 15.0. The van der Waals surface area contributed by atoms with Crippen LogP contribution < -0.4 is 5.32 Å². The van der Waals surface area contributed by atoms with Crippen molar-refractivity contribution in [1.29, 1.82) is 0 Å². The lowest BCUT2D eigenvalue weighted by atomic mass is 10.1. The predicted molar refractivity (Wildman–Crippen MR) is 117 cm³/mol. The summed E-state index contributed by atoms with van der Waals surface area (Å²) in [5.74, 6) is 1.06. The molecule has 31 heavy (non-hydrogen) atoms. The van der Waals surface area contributed by atoms with Gasteiger partial charge < -0.3 is 14.9 Å². The molecule has 156 valence electrons. The molecule has 5 rings (SSSR count). The van der Waals surface area contributed by atoms with E-state index in [1.807, 2.05) is 25.1 Å². The molecule has 8 nitrogen and oxygen atoms in total. The number of rotatable bonds is 5. The van der Waals surface area contributed by atoms with Crippen molar-refractivity contribution in [3.63, 3.8) is 0 Å². The number of H-pyrrole nitrogens is 1. The van der Waals surface area contributed by atoms with E-state index in [-0.39, 0.29) is 17.9 Å². The van der Waals surface area contributed by atoms with Gasteiger partial charge >= 0.3 is 0 Å². The molecule has 2 N–H and O–H groups in total. The summed E-state index contributed by atoms with van der Waals surface area (Å²) in [5.41, 5.74) is 3.78. The second-order valence-electron chi connectivity index (χ2n) is 7.63. The average molecular weight is 416 g/mol. The number of imidazole rings is 2. The molecular weight excluding hydrogens is 395 g/mol. The first-order chi connectivity index (χ1) is 15.0. The van der Waals surface area contributed by atoms with Gasteiger partial charge in [0.15, 0.2) is 11.5 Å². The van der Waals surface area contributed by atoms with E-state index >= 15 is 4.39 Å². The van der Waals surface area contributed by atoms with Crippen LogP contribution >= 0.6 is 0 Å². The van der Waals surface area contributed by atoms with Gasteiger partial charge in [0, 0.05) is 12.2 Å². The van der Waals surface area contributed by atoms with E-state index in [2.05, 4.69) is 48.7 Å². The van der Waals surface area contributed by atoms with Gasteiger partial charge in [-0.05, 0) is 45.0 Å². The molecular formula is C22H21FN8. The van der Waals surface area contributed by atoms with E-state index < -0.39 is 0 Å². The monoisotopic (exact) mass is 416 g/mol. The number of anilines is 1. The summed E-state index contributed by atoms with van der Waals surface area (Å²) in [7, 11) is 0. The van der Waals surface area contributed by atoms with Gasteiger partial charge in [0.2, 0.25) is 0 Å². The second kappa shape index (κ2) is 7.42. The molecule has 0 aliphatic carbocycles. The molecule has 4 aromatic heterocycles. The van der Waals surface area contributed by atoms with Crippen LogP contribution in [0.2, 0.25) is 0 Å². The molecule has 0 aliphatic rings. The Morgan fingerprint density at radius 2 is 1.90 bits per heavy atom. The number of aromatic nitrogens is 7. The zero-order valence-electron chi connectivity index (χ0n) is 17.3. The highest BCUT2D eigenvalue weighted by molar-refractivity contribution is 5.92. The van der Waals surface area contributed by atoms with Crippen LogP contribution in [0, 0.1) is 5.82 Å². The third kappa shape index (κ3) is 3.18. The summed E-state index contributed by atoms with van der Waals surface area (Å²) in [4.78, 5) is 25.1. The number of aromatic amines is 1. The van der Waals surface area contributed by atoms with Crippen LogP contribution in [0.1, 0.15) is 38.7 Å². The number of halogens is 1. The summed E-state index contributed by atoms with van der Waals surface area (Å²) in [6.45, 7) is 6.11. The van der Waals surface area contributed by atoms with Crippen molar-refractivity contribution in [2.45, 2.75) is 32.9 Å². The van der Waals surface area contributed by atoms with Crippen LogP contribution in [-0.4, -0.2) is 34.5 Å². The highest BCUT2D eigenvalue weighted by Crippen LogP contribution is 2.35. The molecule has 0 unspecified atom stereocenters. The highest BCUT2D eigenvalue weighted by Gasteiger charge is 2.24. The van der Waals surface area contributed by atoms with Gasteiger partial charge in [0.25, 0.3) is 0 Å². The van der Waals surface area contributed by atoms with Crippen LogP contribution in [0.5, 0.6) is 0 Å². The molecule has 0 amide bonds. The summed E-state index contributed by atoms with van der Waals surface area (Å²) in [6.07, 6.45) is 4.73. The summed E-state index contributed by atoms with van der Waals surface area (Å²) in [6, 6.07) is 8.47. The van der Waals surface area contributed by atoms with Crippen molar-refractivity contribution in [2.75, 3.05) is 5.32 Å². The maximum Gasteiger partial charge on any atom is 0.162 e. The Morgan fingerprint density at radius 1 is 1.03 bits per heavy atom. The highest BCUT2D eigenvalue weighted by atomic mass is 19.1. The van der Waals surface area contributed by atoms with Gasteiger partial charge in [-0.15, -0.1) is 0 Å². The van der Waals surface area contributed by atoms with E-state index in [4.69, 9.17) is 4.98 Å². The Balaban J connectivity index is 1.67. The molecule has 0 spiro atoms. The Labute approximate surface area is 177 Å². The molecule has 4 heterocycles. The minimum Gasteiger partial charge on any atom is -0.358 e. The minimum atomic E-state index is -0.325. The fourth-order valence-electron chi connectivity index (χ4n) is 3.90. The van der Waals surface area contributed by atoms with E-state index in [9.17, 15) is 0 Å². The second-order valence-corrected chi connectivity index (χ2v) is 7.63. The molecule has 0 bridgehead atoms. The molecule has 0 saturated carbocycles. The predicted octanol–water partition coefficient (Wildman–Crippen LogP) is 4.66. The Kier molecular flexibility index (Phi) is 4.58. The van der Waals surface area contributed by atoms with Crippen LogP contribution in [0.3, 0.4) is 0 Å². The Bertz CT molecular complexity index is 1370. The van der Waals surface area contributed by atoms with Gasteiger partial charge in [-0.1, -0.05) is 6.07 Å². The lowest BCUT2D eigenvalue weighted by molar-refractivity contribution is 0.566. The van der Waals surface area contributed by atoms with E-state index in [0.29, 0.717) is 33.8 Å². The van der Waals surface area contributed by atoms with Crippen molar-refractivity contribution >= 4 is 28.0 Å². The fraction of sp³-hybridized carbons (Fsp3) is 0.227. The largest absolute Gasteiger partial charge is 0.358 e. The fourth-order valence-corrected chi connectivity index (χ4v) is 3.90. The van der Waals surface area contributed by atoms with Crippen LogP contribution in [-0.2, 0) is 0 Å². The maximum absolute atomic E-state index is 15.0. The average Bonchev–Trinajstić information content (AvgIpc) is 3.39. The molecule has 0 radical (unpaired) electrons. The van der Waals surface area contributed by atoms with Gasteiger partial charge in [-0.2, -0.15) is 0 Å². The number of hydrogen-bond acceptors (Lipinski definition) is 6. The van der Waals surface area contributed by atoms with Crippen molar-refractivity contribution in [3.8, 4) is 11.3 Å². The zero-order valence-corrected chi connectivity index (χ0v) is 17.3. The lowest BCUT2D eigenvalue weighted by Crippen LogP contribution is -2.16. The molecule has 1 aromatic carbocycles. The number of hydrogen-bond donors (Lipinski definition) is 2. The molecule has 0 saturated heterocycles. The summed E-state index contributed by atoms with van der Waals surface area (Å²) >= 11 is 0. The van der Waals surface area contributed by atoms with E-state index in [1.165, 1.54) is 12.4 Å². The first-order valence-electron chi connectivity index (χ1n) is 10.1. The Morgan fingerprint density at radius 3 is 2.68 bits per heavy atom. The first kappa shape index (κ1) is 19.1. The van der Waals surface area contributed by atoms with Crippen molar-refractivity contribution < 1.29 is 4.39 Å². The van der Waals surface area contributed by atoms with Crippen molar-refractivity contribution in [3.05, 3.63) is 60.8 Å². The zero-order chi connectivity index (χ0) is 21.5. The molecule has 0 aliphatic heterocycles. The van der Waals surface area contributed by atoms with Crippen molar-refractivity contribution in [2.24, 2.45) is 0 Å². The Hall–Kier alpha value is -3.88. The number of benzene rings is 1. The normalized spacial score (nSPS) is 12.7. The third-order valence-corrected chi connectivity index (χ3v) is 5.22. The van der Waals surface area contributed by atoms with Crippen LogP contribution in [0.4, 0.5) is 10.2 Å². The number of nitrogens with zero attached hydrogens (tertiary/aromatic N) is 6. The smallest absolute Gasteiger partial charge is 0.162 e. The van der Waals surface area contributed by atoms with Gasteiger partial charge in [-0.3, -0.25) is 4.98 Å². The molecule has 5 aromatic rings. The van der Waals surface area contributed by atoms with E-state index in [1.54, 1.807) is 18.6 Å². The SMILES string of the molecule is CC(C)n1c([C@H](C)Nc2ncnc3[nH]cnc23)nc2ccc(F)c(-c3ccccn3)c21. The standard InChI is InChI=1S/C22H21FN8/c1-12(2)31-19-16(8-7-14(23)17(19)15-6-4-5-9-24-15)30-22(31)13(3)29-21-18-20(26-10-25-18)27-11-28-21/h4-13H,1-3H3,(H2,25,26,27,28,29)/t13-/m0/s1. The first-order valence-corrected chi connectivity index (χ1v) is 10.1. The van der Waals surface area contributed by atoms with Crippen LogP contribution in [0.25, 0.3) is 33.5 Å². The summed E-state index contributed by atoms with van der Waals surface area (Å²) in [5, 5.41) is 3.39. The van der Waals surface area contributed by atoms with Gasteiger partial charge in [0.1, 0.15) is 23.5 Å². The molecule has 1 atom stereocenters. The minimum absolute atomic E-state index is 0.0457. The van der Waals surface area contributed by atoms with Crippen molar-refractivity contribution in [1.82, 2.24) is 34.5 Å². The van der Waals surface area contributed by atoms with E-state index in [0.717, 1.165) is 11.3 Å². The van der Waals surface area contributed by atoms with Gasteiger partial charge in [0.05, 0.1) is 34.7 Å². The quantitative estimate of drug-likeness (QED) is 0.433. The third-order valence-electron chi connectivity index (χ3n) is 5.22. The molecule has 0 fully saturated rings. The van der Waals surface area contributed by atoms with Crippen LogP contribution in [0.15, 0.2) is 49.2 Å². The number of nitrogens with one attached hydrogen (secondary N) is 2. The topological polar surface area (TPSA) is 97.2 Å². The number of fused-ring (bicyclic) bond motifs is 2. The summed E-state index contributed by atoms with van der Waals surface area (Å²) < 4.78 is 17.1. The lowest BCUT2D eigenvalue weighted by Gasteiger charge is -2.20. The number of pyridine rings is 1. The molecule has 9 heteroatoms. The van der Waals surface area contributed by atoms with Gasteiger partial charge in [-0.25, -0.2) is 24.3 Å².